The van der Waals surface area contributed by atoms with E-state index in [0.29, 0.717) is 18.4 Å². The van der Waals surface area contributed by atoms with Crippen molar-refractivity contribution >= 4 is 11.8 Å². The number of nitrogens with zero attached hydrogens (tertiary/aromatic N) is 1. The van der Waals surface area contributed by atoms with E-state index in [4.69, 9.17) is 0 Å². The third kappa shape index (κ3) is 1.72. The molecule has 0 aromatic carbocycles. The molecule has 0 unspecified atom stereocenters. The Morgan fingerprint density at radius 1 is 1.05 bits per heavy atom. The number of allylic oxidation sites excluding steroid dienone is 3. The third-order valence-corrected chi connectivity index (χ3v) is 5.60. The molecule has 4 rings (SSSR count). The van der Waals surface area contributed by atoms with Crippen molar-refractivity contribution in [1.82, 2.24) is 4.90 Å². The average Bonchev–Trinajstić information content (AvgIpc) is 3.13. The molecular weight excluding hydrogens is 250 g/mol. The van der Waals surface area contributed by atoms with Gasteiger partial charge in [-0.3, -0.25) is 14.5 Å². The van der Waals surface area contributed by atoms with Crippen LogP contribution < -0.4 is 0 Å². The van der Waals surface area contributed by atoms with Crippen LogP contribution in [0, 0.1) is 23.7 Å². The minimum absolute atomic E-state index is 0.0298. The Morgan fingerprint density at radius 3 is 2.35 bits per heavy atom. The highest BCUT2D eigenvalue weighted by Crippen LogP contribution is 2.52. The molecule has 0 aromatic heterocycles. The largest absolute Gasteiger partial charge is 0.282 e. The summed E-state index contributed by atoms with van der Waals surface area (Å²) in [6.45, 7) is 0.607. The molecule has 3 heteroatoms. The summed E-state index contributed by atoms with van der Waals surface area (Å²) in [4.78, 5) is 26.6. The van der Waals surface area contributed by atoms with Gasteiger partial charge in [-0.15, -0.1) is 0 Å². The molecule has 3 aliphatic carbocycles. The van der Waals surface area contributed by atoms with Crippen LogP contribution in [-0.2, 0) is 9.59 Å². The van der Waals surface area contributed by atoms with Crippen molar-refractivity contribution < 1.29 is 9.59 Å². The Hall–Kier alpha value is -1.38. The maximum absolute atomic E-state index is 12.5. The minimum atomic E-state index is -0.0298. The molecule has 1 saturated heterocycles. The molecule has 4 aliphatic rings. The van der Waals surface area contributed by atoms with Gasteiger partial charge in [-0.25, -0.2) is 0 Å². The van der Waals surface area contributed by atoms with Gasteiger partial charge in [0, 0.05) is 6.54 Å². The van der Waals surface area contributed by atoms with E-state index in [-0.39, 0.29) is 23.7 Å². The van der Waals surface area contributed by atoms with Gasteiger partial charge in [-0.2, -0.15) is 0 Å². The van der Waals surface area contributed by atoms with Gasteiger partial charge in [0.15, 0.2) is 0 Å². The minimum Gasteiger partial charge on any atom is -0.282 e. The number of rotatable bonds is 3. The lowest BCUT2D eigenvalue weighted by Crippen LogP contribution is -2.34. The van der Waals surface area contributed by atoms with Crippen LogP contribution in [0.25, 0.3) is 0 Å². The Balaban J connectivity index is 1.46. The highest BCUT2D eigenvalue weighted by molar-refractivity contribution is 6.06. The summed E-state index contributed by atoms with van der Waals surface area (Å²) >= 11 is 0. The van der Waals surface area contributed by atoms with Gasteiger partial charge in [0.1, 0.15) is 0 Å². The van der Waals surface area contributed by atoms with Crippen LogP contribution in [0.15, 0.2) is 23.8 Å². The predicted octanol–water partition coefficient (Wildman–Crippen LogP) is 2.68. The van der Waals surface area contributed by atoms with Gasteiger partial charge in [0.05, 0.1) is 11.8 Å². The first kappa shape index (κ1) is 12.4. The van der Waals surface area contributed by atoms with Crippen LogP contribution in [0.1, 0.15) is 38.5 Å². The van der Waals surface area contributed by atoms with Crippen molar-refractivity contribution in [1.29, 1.82) is 0 Å². The average molecular weight is 271 g/mol. The van der Waals surface area contributed by atoms with Gasteiger partial charge < -0.3 is 0 Å². The van der Waals surface area contributed by atoms with E-state index in [9.17, 15) is 9.59 Å². The highest BCUT2D eigenvalue weighted by Gasteiger charge is 2.58. The third-order valence-electron chi connectivity index (χ3n) is 5.60. The molecule has 2 bridgehead atoms. The standard InChI is InChI=1S/C17H21NO2/c19-16-14-12-6-7-13(10-12)15(14)17(20)18(16)9-8-11-4-2-1-3-5-11/h4,6-7,12-15H,1-3,5,8-10H2/t12-,13-,14+,15+/m0/s1. The van der Waals surface area contributed by atoms with Crippen molar-refractivity contribution in [2.24, 2.45) is 23.7 Å². The normalized spacial score (nSPS) is 38.6. The summed E-state index contributed by atoms with van der Waals surface area (Å²) in [5.74, 6) is 0.817. The molecule has 4 atom stereocenters. The Bertz CT molecular complexity index is 489. The van der Waals surface area contributed by atoms with Crippen molar-refractivity contribution in [2.45, 2.75) is 38.5 Å². The summed E-state index contributed by atoms with van der Waals surface area (Å²) in [6.07, 6.45) is 13.4. The van der Waals surface area contributed by atoms with E-state index >= 15 is 0 Å². The second-order valence-corrected chi connectivity index (χ2v) is 6.69. The molecule has 1 aliphatic heterocycles. The van der Waals surface area contributed by atoms with Crippen LogP contribution in [0.3, 0.4) is 0 Å². The molecule has 2 fully saturated rings. The highest BCUT2D eigenvalue weighted by atomic mass is 16.2. The quantitative estimate of drug-likeness (QED) is 0.584. The fourth-order valence-corrected chi connectivity index (χ4v) is 4.57. The lowest BCUT2D eigenvalue weighted by atomic mass is 9.85. The number of hydrogen-bond acceptors (Lipinski definition) is 2. The second-order valence-electron chi connectivity index (χ2n) is 6.69. The van der Waals surface area contributed by atoms with Gasteiger partial charge >= 0.3 is 0 Å². The lowest BCUT2D eigenvalue weighted by Gasteiger charge is -2.19. The molecule has 2 amide bonds. The fraction of sp³-hybridized carbons (Fsp3) is 0.647. The van der Waals surface area contributed by atoms with Crippen LogP contribution in [0.5, 0.6) is 0 Å². The van der Waals surface area contributed by atoms with Crippen LogP contribution >= 0.6 is 0 Å². The zero-order chi connectivity index (χ0) is 13.7. The number of fused-ring (bicyclic) bond motifs is 5. The molecule has 106 valence electrons. The molecule has 3 nitrogen and oxygen atoms in total. The smallest absolute Gasteiger partial charge is 0.233 e. The molecule has 0 spiro atoms. The van der Waals surface area contributed by atoms with E-state index in [0.717, 1.165) is 25.7 Å². The first-order valence-corrected chi connectivity index (χ1v) is 7.97. The van der Waals surface area contributed by atoms with Crippen molar-refractivity contribution in [3.05, 3.63) is 23.8 Å². The van der Waals surface area contributed by atoms with E-state index in [1.807, 2.05) is 0 Å². The van der Waals surface area contributed by atoms with Crippen LogP contribution in [-0.4, -0.2) is 23.3 Å². The van der Waals surface area contributed by atoms with Crippen molar-refractivity contribution in [2.75, 3.05) is 6.54 Å². The van der Waals surface area contributed by atoms with Crippen molar-refractivity contribution in [3.8, 4) is 0 Å². The fourth-order valence-electron chi connectivity index (χ4n) is 4.57. The number of amides is 2. The summed E-state index contributed by atoms with van der Waals surface area (Å²) in [7, 11) is 0. The Labute approximate surface area is 119 Å². The maximum atomic E-state index is 12.5. The van der Waals surface area contributed by atoms with Gasteiger partial charge in [-0.05, 0) is 50.4 Å². The topological polar surface area (TPSA) is 37.4 Å². The number of hydrogen-bond donors (Lipinski definition) is 0. The lowest BCUT2D eigenvalue weighted by molar-refractivity contribution is -0.140. The van der Waals surface area contributed by atoms with E-state index < -0.39 is 0 Å². The van der Waals surface area contributed by atoms with Crippen molar-refractivity contribution in [3.63, 3.8) is 0 Å². The predicted molar refractivity (Wildman–Crippen MR) is 75.6 cm³/mol. The molecule has 0 radical (unpaired) electrons. The summed E-state index contributed by atoms with van der Waals surface area (Å²) in [5.41, 5.74) is 1.44. The summed E-state index contributed by atoms with van der Waals surface area (Å²) in [5, 5.41) is 0. The first-order valence-electron chi connectivity index (χ1n) is 7.97. The maximum Gasteiger partial charge on any atom is 0.233 e. The molecule has 0 N–H and O–H groups in total. The van der Waals surface area contributed by atoms with Crippen LogP contribution in [0.2, 0.25) is 0 Å². The van der Waals surface area contributed by atoms with Gasteiger partial charge in [0.2, 0.25) is 11.8 Å². The molecule has 20 heavy (non-hydrogen) atoms. The number of carbonyl (C=O) groups excluding carboxylic acids is 2. The second kappa shape index (κ2) is 4.57. The van der Waals surface area contributed by atoms with Gasteiger partial charge in [-0.1, -0.05) is 23.8 Å². The molecule has 1 heterocycles. The van der Waals surface area contributed by atoms with E-state index in [1.165, 1.54) is 18.4 Å². The monoisotopic (exact) mass is 271 g/mol. The summed E-state index contributed by atoms with van der Waals surface area (Å²) < 4.78 is 0. The van der Waals surface area contributed by atoms with Gasteiger partial charge in [0.25, 0.3) is 0 Å². The SMILES string of the molecule is O=C1[C@H]2[C@H](C(=O)N1CCC1=CCCCC1)[C@H]1C=C[C@H]2C1. The van der Waals surface area contributed by atoms with E-state index in [1.54, 1.807) is 4.90 Å². The first-order chi connectivity index (χ1) is 9.75. The molecule has 1 saturated carbocycles. The number of carbonyl (C=O) groups is 2. The van der Waals surface area contributed by atoms with E-state index in [2.05, 4.69) is 18.2 Å². The molecule has 0 aromatic rings. The number of imide groups is 1. The number of likely N-dealkylation sites (tertiary alicyclic amines) is 1. The zero-order valence-corrected chi connectivity index (χ0v) is 11.8. The van der Waals surface area contributed by atoms with Crippen LogP contribution in [0.4, 0.5) is 0 Å². The molecular formula is C17H21NO2. The summed E-state index contributed by atoms with van der Waals surface area (Å²) in [6, 6.07) is 0. The Morgan fingerprint density at radius 2 is 1.75 bits per heavy atom. The zero-order valence-electron chi connectivity index (χ0n) is 11.8. The Kier molecular flexibility index (Phi) is 2.83.